The van der Waals surface area contributed by atoms with Gasteiger partial charge >= 0.3 is 0 Å². The van der Waals surface area contributed by atoms with E-state index in [0.717, 1.165) is 12.1 Å². The minimum atomic E-state index is -0.556. The highest BCUT2D eigenvalue weighted by Gasteiger charge is 2.35. The summed E-state index contributed by atoms with van der Waals surface area (Å²) >= 11 is 0. The third kappa shape index (κ3) is 3.43. The van der Waals surface area contributed by atoms with Crippen LogP contribution in [0, 0.1) is 0 Å². The van der Waals surface area contributed by atoms with Crippen LogP contribution >= 0.6 is 0 Å². The summed E-state index contributed by atoms with van der Waals surface area (Å²) in [6, 6.07) is 15.3. The van der Waals surface area contributed by atoms with Crippen molar-refractivity contribution in [1.29, 1.82) is 0 Å². The van der Waals surface area contributed by atoms with E-state index in [9.17, 15) is 9.59 Å². The van der Waals surface area contributed by atoms with Crippen molar-refractivity contribution in [2.24, 2.45) is 5.73 Å². The number of amides is 2. The Morgan fingerprint density at radius 1 is 1.15 bits per heavy atom. The van der Waals surface area contributed by atoms with Crippen LogP contribution in [0.5, 0.6) is 0 Å². The first-order chi connectivity index (χ1) is 12.3. The smallest absolute Gasteiger partial charge is 0.250 e. The summed E-state index contributed by atoms with van der Waals surface area (Å²) in [5.74, 6) is -0.723. The standard InChI is InChI=1S/C21H25N3O2/c1-14-12-21(2,3)16-9-5-7-11-18(16)24(14)13-19(25)23-17-10-6-4-8-15(17)20(22)26/h4-11,14H,12-13H2,1-3H3,(H2,22,26)(H,23,25). The number of rotatable bonds is 4. The van der Waals surface area contributed by atoms with Crippen molar-refractivity contribution in [3.05, 3.63) is 59.7 Å². The normalized spacial score (nSPS) is 18.1. The second-order valence-electron chi connectivity index (χ2n) is 7.54. The molecule has 1 aliphatic rings. The molecule has 26 heavy (non-hydrogen) atoms. The van der Waals surface area contributed by atoms with Gasteiger partial charge in [0.2, 0.25) is 5.91 Å². The van der Waals surface area contributed by atoms with E-state index in [-0.39, 0.29) is 23.9 Å². The molecule has 0 saturated heterocycles. The van der Waals surface area contributed by atoms with Gasteiger partial charge in [0.25, 0.3) is 5.91 Å². The zero-order valence-electron chi connectivity index (χ0n) is 15.5. The number of nitrogens with two attached hydrogens (primary N) is 1. The number of carbonyl (C=O) groups excluding carboxylic acids is 2. The van der Waals surface area contributed by atoms with Crippen molar-refractivity contribution >= 4 is 23.2 Å². The molecule has 136 valence electrons. The Morgan fingerprint density at radius 2 is 1.81 bits per heavy atom. The van der Waals surface area contributed by atoms with Gasteiger partial charge in [-0.3, -0.25) is 9.59 Å². The Kier molecular flexibility index (Phi) is 4.72. The number of nitrogens with one attached hydrogen (secondary N) is 1. The molecule has 2 aromatic rings. The van der Waals surface area contributed by atoms with E-state index in [1.165, 1.54) is 5.56 Å². The van der Waals surface area contributed by atoms with Crippen LogP contribution < -0.4 is 16.0 Å². The van der Waals surface area contributed by atoms with Gasteiger partial charge in [-0.15, -0.1) is 0 Å². The highest BCUT2D eigenvalue weighted by atomic mass is 16.2. The fourth-order valence-corrected chi connectivity index (χ4v) is 3.88. The highest BCUT2D eigenvalue weighted by Crippen LogP contribution is 2.42. The summed E-state index contributed by atoms with van der Waals surface area (Å²) in [5.41, 5.74) is 8.57. The maximum Gasteiger partial charge on any atom is 0.250 e. The molecular weight excluding hydrogens is 326 g/mol. The van der Waals surface area contributed by atoms with E-state index in [0.29, 0.717) is 11.3 Å². The number of benzene rings is 2. The van der Waals surface area contributed by atoms with E-state index < -0.39 is 5.91 Å². The third-order valence-corrected chi connectivity index (χ3v) is 5.06. The summed E-state index contributed by atoms with van der Waals surface area (Å²) in [5, 5.41) is 2.83. The van der Waals surface area contributed by atoms with Crippen LogP contribution in [0.25, 0.3) is 0 Å². The first kappa shape index (κ1) is 18.0. The minimum absolute atomic E-state index is 0.0710. The van der Waals surface area contributed by atoms with Crippen molar-refractivity contribution in [3.8, 4) is 0 Å². The van der Waals surface area contributed by atoms with Crippen LogP contribution in [0.1, 0.15) is 43.1 Å². The largest absolute Gasteiger partial charge is 0.366 e. The molecule has 2 aromatic carbocycles. The molecule has 3 N–H and O–H groups in total. The minimum Gasteiger partial charge on any atom is -0.366 e. The molecular formula is C21H25N3O2. The molecule has 0 aliphatic carbocycles. The highest BCUT2D eigenvalue weighted by molar-refractivity contribution is 6.04. The molecule has 0 bridgehead atoms. The molecule has 0 saturated carbocycles. The number of hydrogen-bond acceptors (Lipinski definition) is 3. The third-order valence-electron chi connectivity index (χ3n) is 5.06. The zero-order valence-corrected chi connectivity index (χ0v) is 15.5. The maximum atomic E-state index is 12.7. The van der Waals surface area contributed by atoms with Crippen molar-refractivity contribution in [2.45, 2.75) is 38.6 Å². The fourth-order valence-electron chi connectivity index (χ4n) is 3.88. The number of hydrogen-bond donors (Lipinski definition) is 2. The molecule has 1 atom stereocenters. The summed E-state index contributed by atoms with van der Waals surface area (Å²) in [4.78, 5) is 26.3. The second-order valence-corrected chi connectivity index (χ2v) is 7.54. The summed E-state index contributed by atoms with van der Waals surface area (Å²) in [6.45, 7) is 6.84. The van der Waals surface area contributed by atoms with Gasteiger partial charge in [-0.05, 0) is 42.5 Å². The van der Waals surface area contributed by atoms with Gasteiger partial charge in [-0.2, -0.15) is 0 Å². The Balaban J connectivity index is 1.83. The summed E-state index contributed by atoms with van der Waals surface area (Å²) in [6.07, 6.45) is 0.967. The number of carbonyl (C=O) groups is 2. The van der Waals surface area contributed by atoms with Gasteiger partial charge in [0.05, 0.1) is 17.8 Å². The average molecular weight is 351 g/mol. The molecule has 5 nitrogen and oxygen atoms in total. The lowest BCUT2D eigenvalue weighted by Gasteiger charge is -2.44. The number of para-hydroxylation sites is 2. The summed E-state index contributed by atoms with van der Waals surface area (Å²) in [7, 11) is 0. The van der Waals surface area contributed by atoms with Gasteiger partial charge in [-0.1, -0.05) is 44.2 Å². The van der Waals surface area contributed by atoms with E-state index in [4.69, 9.17) is 5.73 Å². The molecule has 5 heteroatoms. The monoisotopic (exact) mass is 351 g/mol. The fraction of sp³-hybridized carbons (Fsp3) is 0.333. The van der Waals surface area contributed by atoms with Crippen LogP contribution in [-0.2, 0) is 10.2 Å². The van der Waals surface area contributed by atoms with Gasteiger partial charge in [0.1, 0.15) is 0 Å². The topological polar surface area (TPSA) is 75.4 Å². The Morgan fingerprint density at radius 3 is 2.54 bits per heavy atom. The molecule has 0 fully saturated rings. The molecule has 2 amide bonds. The van der Waals surface area contributed by atoms with Crippen LogP contribution in [0.2, 0.25) is 0 Å². The maximum absolute atomic E-state index is 12.7. The molecule has 0 radical (unpaired) electrons. The van der Waals surface area contributed by atoms with Crippen molar-refractivity contribution in [1.82, 2.24) is 0 Å². The van der Waals surface area contributed by atoms with Gasteiger partial charge in [-0.25, -0.2) is 0 Å². The lowest BCUT2D eigenvalue weighted by atomic mass is 9.75. The van der Waals surface area contributed by atoms with Crippen molar-refractivity contribution < 1.29 is 9.59 Å². The van der Waals surface area contributed by atoms with E-state index >= 15 is 0 Å². The Hall–Kier alpha value is -2.82. The van der Waals surface area contributed by atoms with Gasteiger partial charge < -0.3 is 16.0 Å². The Bertz CT molecular complexity index is 845. The quantitative estimate of drug-likeness (QED) is 0.887. The number of primary amides is 1. The van der Waals surface area contributed by atoms with Crippen LogP contribution in [-0.4, -0.2) is 24.4 Å². The van der Waals surface area contributed by atoms with E-state index in [2.05, 4.69) is 43.1 Å². The number of anilines is 2. The first-order valence-corrected chi connectivity index (χ1v) is 8.84. The van der Waals surface area contributed by atoms with Crippen LogP contribution in [0.4, 0.5) is 11.4 Å². The predicted molar refractivity (Wildman–Crippen MR) is 104 cm³/mol. The van der Waals surface area contributed by atoms with Gasteiger partial charge in [0.15, 0.2) is 0 Å². The van der Waals surface area contributed by atoms with Crippen LogP contribution in [0.15, 0.2) is 48.5 Å². The number of fused-ring (bicyclic) bond motifs is 1. The molecule has 1 heterocycles. The van der Waals surface area contributed by atoms with E-state index in [1.54, 1.807) is 24.3 Å². The van der Waals surface area contributed by atoms with Gasteiger partial charge in [0, 0.05) is 11.7 Å². The zero-order chi connectivity index (χ0) is 18.9. The molecule has 3 rings (SSSR count). The molecule has 0 spiro atoms. The predicted octanol–water partition coefficient (Wildman–Crippen LogP) is 3.30. The first-order valence-electron chi connectivity index (χ1n) is 8.84. The SMILES string of the molecule is CC1CC(C)(C)c2ccccc2N1CC(=O)Nc1ccccc1C(N)=O. The molecule has 1 unspecified atom stereocenters. The van der Waals surface area contributed by atoms with Crippen molar-refractivity contribution in [2.75, 3.05) is 16.8 Å². The lowest BCUT2D eigenvalue weighted by molar-refractivity contribution is -0.115. The molecule has 1 aliphatic heterocycles. The number of nitrogens with zero attached hydrogens (tertiary/aromatic N) is 1. The average Bonchev–Trinajstić information content (AvgIpc) is 2.58. The second kappa shape index (κ2) is 6.83. The van der Waals surface area contributed by atoms with Crippen LogP contribution in [0.3, 0.4) is 0 Å². The summed E-state index contributed by atoms with van der Waals surface area (Å²) < 4.78 is 0. The van der Waals surface area contributed by atoms with E-state index in [1.807, 2.05) is 12.1 Å². The van der Waals surface area contributed by atoms with Crippen molar-refractivity contribution in [3.63, 3.8) is 0 Å². The Labute approximate surface area is 154 Å². The lowest BCUT2D eigenvalue weighted by Crippen LogP contribution is -2.47. The molecule has 0 aromatic heterocycles.